The SMILES string of the molecule is CC#CCn1c(N2CCC[C@@H](N)C2)nc2c1c(=O)n(Cc1nc(C)c3ccccc3n1)c(=O)n2C.O=C(O)c1ccccc1. The smallest absolute Gasteiger partial charge is 0.335 e. The molecule has 3 aromatic heterocycles. The Morgan fingerprint density at radius 3 is 2.45 bits per heavy atom. The lowest BCUT2D eigenvalue weighted by atomic mass is 10.1. The van der Waals surface area contributed by atoms with Crippen molar-refractivity contribution in [2.24, 2.45) is 12.8 Å². The summed E-state index contributed by atoms with van der Waals surface area (Å²) >= 11 is 0. The number of fused-ring (bicyclic) bond motifs is 2. The predicted molar refractivity (Wildman–Crippen MR) is 169 cm³/mol. The highest BCUT2D eigenvalue weighted by atomic mass is 16.4. The van der Waals surface area contributed by atoms with Gasteiger partial charge in [0.2, 0.25) is 5.95 Å². The van der Waals surface area contributed by atoms with Gasteiger partial charge in [-0.3, -0.25) is 18.5 Å². The number of aromatic nitrogens is 6. The molecule has 3 N–H and O–H groups in total. The maximum Gasteiger partial charge on any atom is 0.335 e. The van der Waals surface area contributed by atoms with E-state index in [1.165, 1.54) is 9.13 Å². The molecule has 12 nitrogen and oxygen atoms in total. The van der Waals surface area contributed by atoms with Crippen molar-refractivity contribution in [1.29, 1.82) is 0 Å². The average Bonchev–Trinajstić information content (AvgIpc) is 3.41. The van der Waals surface area contributed by atoms with Crippen molar-refractivity contribution in [3.8, 4) is 11.8 Å². The normalized spacial score (nSPS) is 14.5. The van der Waals surface area contributed by atoms with E-state index in [-0.39, 0.29) is 19.1 Å². The maximum absolute atomic E-state index is 13.7. The molecule has 2 aromatic carbocycles. The monoisotopic (exact) mass is 594 g/mol. The van der Waals surface area contributed by atoms with Crippen molar-refractivity contribution >= 4 is 34.0 Å². The van der Waals surface area contributed by atoms with E-state index in [0.717, 1.165) is 36.0 Å². The number of aromatic carboxylic acids is 1. The predicted octanol–water partition coefficient (Wildman–Crippen LogP) is 2.53. The van der Waals surface area contributed by atoms with Crippen LogP contribution in [0.1, 0.15) is 41.6 Å². The number of carboxylic acids is 1. The molecule has 1 saturated heterocycles. The highest BCUT2D eigenvalue weighted by molar-refractivity contribution is 5.87. The van der Waals surface area contributed by atoms with Crippen LogP contribution in [0.15, 0.2) is 64.2 Å². The van der Waals surface area contributed by atoms with Crippen LogP contribution in [0.5, 0.6) is 0 Å². The van der Waals surface area contributed by atoms with Gasteiger partial charge in [-0.1, -0.05) is 42.3 Å². The van der Waals surface area contributed by atoms with Crippen LogP contribution in [0.4, 0.5) is 5.95 Å². The molecule has 6 rings (SSSR count). The number of para-hydroxylation sites is 1. The number of hydrogen-bond donors (Lipinski definition) is 2. The van der Waals surface area contributed by atoms with Crippen molar-refractivity contribution in [3.63, 3.8) is 0 Å². The number of piperidine rings is 1. The fraction of sp³-hybridized carbons (Fsp3) is 0.312. The average molecular weight is 595 g/mol. The van der Waals surface area contributed by atoms with Crippen LogP contribution in [0.3, 0.4) is 0 Å². The standard InChI is InChI=1S/C25H28N8O2.C7H6O2/c1-4-5-13-32-21-22(29-24(32)31-12-8-9-17(26)14-31)30(3)25(35)33(23(21)34)15-20-27-16(2)18-10-6-7-11-19(18)28-20;8-7(9)6-4-2-1-3-5-6/h6-7,10-11,17H,8-9,12-15,26H2,1-3H3;1-5H,(H,8,9)/t17-;/m1./s1. The Kier molecular flexibility index (Phi) is 8.87. The second-order valence-corrected chi connectivity index (χ2v) is 10.6. The summed E-state index contributed by atoms with van der Waals surface area (Å²) in [5, 5.41) is 9.32. The van der Waals surface area contributed by atoms with Crippen LogP contribution >= 0.6 is 0 Å². The summed E-state index contributed by atoms with van der Waals surface area (Å²) in [7, 11) is 1.63. The summed E-state index contributed by atoms with van der Waals surface area (Å²) in [4.78, 5) is 53.2. The van der Waals surface area contributed by atoms with Gasteiger partial charge in [-0.25, -0.2) is 19.6 Å². The Morgan fingerprint density at radius 1 is 1.05 bits per heavy atom. The minimum atomic E-state index is -0.879. The van der Waals surface area contributed by atoms with Crippen LogP contribution in [0.25, 0.3) is 22.1 Å². The Hall–Kier alpha value is -5.28. The molecule has 0 radical (unpaired) electrons. The molecule has 1 aliphatic rings. The van der Waals surface area contributed by atoms with Gasteiger partial charge in [0.05, 0.1) is 24.2 Å². The lowest BCUT2D eigenvalue weighted by Crippen LogP contribution is -2.44. The van der Waals surface area contributed by atoms with Crippen LogP contribution in [0.2, 0.25) is 0 Å². The molecule has 0 saturated carbocycles. The van der Waals surface area contributed by atoms with Crippen molar-refractivity contribution < 1.29 is 9.90 Å². The fourth-order valence-corrected chi connectivity index (χ4v) is 5.33. The first-order chi connectivity index (χ1) is 21.2. The lowest BCUT2D eigenvalue weighted by molar-refractivity contribution is 0.0697. The molecule has 0 aliphatic carbocycles. The summed E-state index contributed by atoms with van der Waals surface area (Å²) in [5.74, 6) is 6.08. The molecule has 12 heteroatoms. The number of hydrogen-bond acceptors (Lipinski definition) is 8. The largest absolute Gasteiger partial charge is 0.478 e. The van der Waals surface area contributed by atoms with Crippen LogP contribution in [-0.2, 0) is 20.1 Å². The molecular weight excluding hydrogens is 560 g/mol. The van der Waals surface area contributed by atoms with Gasteiger partial charge in [0, 0.05) is 37.3 Å². The summed E-state index contributed by atoms with van der Waals surface area (Å²) in [5.41, 5.74) is 7.87. The molecule has 0 unspecified atom stereocenters. The van der Waals surface area contributed by atoms with Gasteiger partial charge in [-0.2, -0.15) is 4.98 Å². The van der Waals surface area contributed by atoms with E-state index in [2.05, 4.69) is 26.7 Å². The molecule has 1 aliphatic heterocycles. The number of carboxylic acid groups (broad SMARTS) is 1. The van der Waals surface area contributed by atoms with E-state index in [1.54, 1.807) is 48.9 Å². The van der Waals surface area contributed by atoms with E-state index in [9.17, 15) is 14.4 Å². The second-order valence-electron chi connectivity index (χ2n) is 10.6. The number of rotatable bonds is 5. The molecule has 44 heavy (non-hydrogen) atoms. The number of anilines is 1. The Labute approximate surface area is 253 Å². The third-order valence-electron chi connectivity index (χ3n) is 7.53. The molecular formula is C32H34N8O4. The fourth-order valence-electron chi connectivity index (χ4n) is 5.33. The summed E-state index contributed by atoms with van der Waals surface area (Å²) in [6.07, 6.45) is 1.88. The van der Waals surface area contributed by atoms with E-state index in [1.807, 2.05) is 31.2 Å². The van der Waals surface area contributed by atoms with Gasteiger partial charge in [-0.15, -0.1) is 5.92 Å². The molecule has 226 valence electrons. The van der Waals surface area contributed by atoms with Crippen molar-refractivity contribution in [2.45, 2.75) is 45.8 Å². The summed E-state index contributed by atoms with van der Waals surface area (Å²) < 4.78 is 4.39. The van der Waals surface area contributed by atoms with Gasteiger partial charge in [0.15, 0.2) is 11.2 Å². The minimum absolute atomic E-state index is 0.0306. The third-order valence-corrected chi connectivity index (χ3v) is 7.53. The topological polar surface area (TPSA) is 154 Å². The number of benzene rings is 2. The van der Waals surface area contributed by atoms with Crippen molar-refractivity contribution in [3.05, 3.63) is 92.5 Å². The first-order valence-electron chi connectivity index (χ1n) is 14.3. The zero-order valence-electron chi connectivity index (χ0n) is 24.9. The number of nitrogens with zero attached hydrogens (tertiary/aromatic N) is 7. The first kappa shape index (κ1) is 30.2. The van der Waals surface area contributed by atoms with Crippen LogP contribution < -0.4 is 21.9 Å². The van der Waals surface area contributed by atoms with Gasteiger partial charge < -0.3 is 15.7 Å². The Balaban J connectivity index is 0.000000367. The second kappa shape index (κ2) is 12.9. The van der Waals surface area contributed by atoms with Crippen molar-refractivity contribution in [1.82, 2.24) is 28.7 Å². The van der Waals surface area contributed by atoms with Crippen LogP contribution in [-0.4, -0.2) is 58.9 Å². The molecule has 5 aromatic rings. The number of carbonyl (C=O) groups is 1. The number of nitrogens with two attached hydrogens (primary N) is 1. The molecule has 0 bridgehead atoms. The summed E-state index contributed by atoms with van der Waals surface area (Å²) in [6, 6.07) is 16.0. The van der Waals surface area contributed by atoms with Crippen LogP contribution in [0, 0.1) is 18.8 Å². The Bertz CT molecular complexity index is 2020. The number of aryl methyl sites for hydroxylation is 2. The van der Waals surface area contributed by atoms with Gasteiger partial charge in [-0.05, 0) is 44.9 Å². The Morgan fingerprint density at radius 2 is 1.77 bits per heavy atom. The molecule has 1 fully saturated rings. The zero-order chi connectivity index (χ0) is 31.4. The van der Waals surface area contributed by atoms with Gasteiger partial charge >= 0.3 is 11.7 Å². The molecule has 0 spiro atoms. The first-order valence-corrected chi connectivity index (χ1v) is 14.3. The lowest BCUT2D eigenvalue weighted by Gasteiger charge is -2.31. The summed E-state index contributed by atoms with van der Waals surface area (Å²) in [6.45, 7) is 5.31. The quantitative estimate of drug-likeness (QED) is 0.292. The van der Waals surface area contributed by atoms with Crippen molar-refractivity contribution in [2.75, 3.05) is 18.0 Å². The molecule has 1 atom stereocenters. The van der Waals surface area contributed by atoms with E-state index >= 15 is 0 Å². The highest BCUT2D eigenvalue weighted by Crippen LogP contribution is 2.23. The van der Waals surface area contributed by atoms with Gasteiger partial charge in [0.25, 0.3) is 5.56 Å². The molecule has 0 amide bonds. The highest BCUT2D eigenvalue weighted by Gasteiger charge is 2.26. The third kappa shape index (κ3) is 6.09. The minimum Gasteiger partial charge on any atom is -0.478 e. The van der Waals surface area contributed by atoms with E-state index in [4.69, 9.17) is 15.8 Å². The zero-order valence-corrected chi connectivity index (χ0v) is 24.9. The maximum atomic E-state index is 13.7. The van der Waals surface area contributed by atoms with Gasteiger partial charge in [0.1, 0.15) is 5.82 Å². The number of imidazole rings is 1. The van der Waals surface area contributed by atoms with E-state index < -0.39 is 17.2 Å². The van der Waals surface area contributed by atoms with E-state index in [0.29, 0.717) is 35.0 Å². The molecule has 4 heterocycles.